The summed E-state index contributed by atoms with van der Waals surface area (Å²) in [5, 5.41) is 8.94. The van der Waals surface area contributed by atoms with Gasteiger partial charge in [-0.05, 0) is 35.4 Å². The summed E-state index contributed by atoms with van der Waals surface area (Å²) in [6, 6.07) is 4.60. The van der Waals surface area contributed by atoms with Gasteiger partial charge >= 0.3 is 5.97 Å². The first-order valence-electron chi connectivity index (χ1n) is 4.72. The van der Waals surface area contributed by atoms with E-state index in [1.807, 2.05) is 0 Å². The van der Waals surface area contributed by atoms with Crippen LogP contribution < -0.4 is 0 Å². The van der Waals surface area contributed by atoms with Crippen molar-refractivity contribution >= 4 is 5.97 Å². The van der Waals surface area contributed by atoms with Crippen LogP contribution in [0.4, 0.5) is 8.78 Å². The number of aromatic nitrogens is 1. The summed E-state index contributed by atoms with van der Waals surface area (Å²) in [6.45, 7) is 0. The number of carboxylic acid groups (broad SMARTS) is 1. The van der Waals surface area contributed by atoms with Crippen LogP contribution in [0.1, 0.15) is 10.4 Å². The minimum atomic E-state index is -1.31. The molecular weight excluding hydrogens is 228 g/mol. The summed E-state index contributed by atoms with van der Waals surface area (Å²) in [5.41, 5.74) is 0.310. The van der Waals surface area contributed by atoms with Crippen LogP contribution in [0.5, 0.6) is 0 Å². The second-order valence-electron chi connectivity index (χ2n) is 3.35. The van der Waals surface area contributed by atoms with Gasteiger partial charge in [0.15, 0.2) is 11.6 Å². The first-order chi connectivity index (χ1) is 8.09. The third kappa shape index (κ3) is 2.13. The van der Waals surface area contributed by atoms with E-state index in [0.717, 1.165) is 6.07 Å². The van der Waals surface area contributed by atoms with Gasteiger partial charge in [-0.25, -0.2) is 13.6 Å². The average molecular weight is 235 g/mol. The third-order valence-electron chi connectivity index (χ3n) is 2.28. The lowest BCUT2D eigenvalue weighted by atomic mass is 10.0. The van der Waals surface area contributed by atoms with Crippen LogP contribution in [0.3, 0.4) is 0 Å². The molecule has 3 nitrogen and oxygen atoms in total. The molecule has 0 atom stereocenters. The molecule has 2 rings (SSSR count). The summed E-state index contributed by atoms with van der Waals surface area (Å²) in [4.78, 5) is 14.7. The second-order valence-corrected chi connectivity index (χ2v) is 3.35. The van der Waals surface area contributed by atoms with E-state index >= 15 is 0 Å². The van der Waals surface area contributed by atoms with Gasteiger partial charge in [-0.2, -0.15) is 0 Å². The van der Waals surface area contributed by atoms with Gasteiger partial charge in [-0.3, -0.25) is 4.98 Å². The van der Waals surface area contributed by atoms with Crippen LogP contribution in [0.2, 0.25) is 0 Å². The highest BCUT2D eigenvalue weighted by atomic mass is 19.2. The van der Waals surface area contributed by atoms with Crippen molar-refractivity contribution in [1.29, 1.82) is 0 Å². The zero-order chi connectivity index (χ0) is 12.4. The van der Waals surface area contributed by atoms with E-state index in [1.54, 1.807) is 0 Å². The minimum Gasteiger partial charge on any atom is -0.478 e. The number of nitrogens with zero attached hydrogens (tertiary/aromatic N) is 1. The second kappa shape index (κ2) is 4.29. The number of hydrogen-bond acceptors (Lipinski definition) is 2. The summed E-state index contributed by atoms with van der Waals surface area (Å²) < 4.78 is 26.1. The van der Waals surface area contributed by atoms with Crippen molar-refractivity contribution in [3.05, 3.63) is 53.9 Å². The fourth-order valence-corrected chi connectivity index (χ4v) is 1.49. The number of rotatable bonds is 2. The zero-order valence-electron chi connectivity index (χ0n) is 8.52. The molecule has 1 heterocycles. The molecule has 0 fully saturated rings. The van der Waals surface area contributed by atoms with E-state index in [2.05, 4.69) is 4.98 Å². The monoisotopic (exact) mass is 235 g/mol. The van der Waals surface area contributed by atoms with Gasteiger partial charge in [0.05, 0.1) is 5.56 Å². The molecule has 0 aliphatic carbocycles. The van der Waals surface area contributed by atoms with E-state index < -0.39 is 17.6 Å². The number of halogens is 2. The smallest absolute Gasteiger partial charge is 0.336 e. The molecule has 0 bridgehead atoms. The average Bonchev–Trinajstić information content (AvgIpc) is 2.33. The molecule has 0 aliphatic heterocycles. The Bertz CT molecular complexity index is 570. The molecule has 0 unspecified atom stereocenters. The quantitative estimate of drug-likeness (QED) is 0.870. The highest BCUT2D eigenvalue weighted by molar-refractivity contribution is 5.96. The highest BCUT2D eigenvalue weighted by Gasteiger charge is 2.16. The maximum absolute atomic E-state index is 13.1. The van der Waals surface area contributed by atoms with Crippen molar-refractivity contribution in [2.45, 2.75) is 0 Å². The molecule has 86 valence electrons. The lowest BCUT2D eigenvalue weighted by Gasteiger charge is -2.06. The lowest BCUT2D eigenvalue weighted by Crippen LogP contribution is -2.02. The number of carboxylic acids is 1. The van der Waals surface area contributed by atoms with Crippen LogP contribution in [0, 0.1) is 11.6 Å². The predicted molar refractivity (Wildman–Crippen MR) is 56.5 cm³/mol. The minimum absolute atomic E-state index is 0.124. The molecule has 5 heteroatoms. The van der Waals surface area contributed by atoms with Crippen LogP contribution in [-0.2, 0) is 0 Å². The predicted octanol–water partition coefficient (Wildman–Crippen LogP) is 2.73. The van der Waals surface area contributed by atoms with Gasteiger partial charge in [0, 0.05) is 12.4 Å². The maximum Gasteiger partial charge on any atom is 0.336 e. The number of pyridine rings is 1. The molecule has 0 radical (unpaired) electrons. The van der Waals surface area contributed by atoms with Crippen LogP contribution in [-0.4, -0.2) is 16.1 Å². The van der Waals surface area contributed by atoms with Crippen molar-refractivity contribution in [1.82, 2.24) is 4.98 Å². The van der Waals surface area contributed by atoms with Gasteiger partial charge in [0.1, 0.15) is 0 Å². The Balaban J connectivity index is 2.68. The third-order valence-corrected chi connectivity index (χ3v) is 2.28. The zero-order valence-corrected chi connectivity index (χ0v) is 8.52. The van der Waals surface area contributed by atoms with Gasteiger partial charge in [-0.1, -0.05) is 0 Å². The largest absolute Gasteiger partial charge is 0.478 e. The van der Waals surface area contributed by atoms with Crippen LogP contribution in [0.25, 0.3) is 11.1 Å². The molecule has 0 saturated heterocycles. The van der Waals surface area contributed by atoms with Crippen molar-refractivity contribution in [3.63, 3.8) is 0 Å². The first kappa shape index (κ1) is 11.2. The molecule has 2 aromatic rings. The molecule has 0 spiro atoms. The summed E-state index contributed by atoms with van der Waals surface area (Å²) in [7, 11) is 0. The Morgan fingerprint density at radius 1 is 1.12 bits per heavy atom. The molecule has 1 aromatic heterocycles. The molecule has 0 amide bonds. The lowest BCUT2D eigenvalue weighted by molar-refractivity contribution is 0.0697. The molecule has 1 aromatic carbocycles. The van der Waals surface area contributed by atoms with Crippen LogP contribution in [0.15, 0.2) is 36.7 Å². The Labute approximate surface area is 95.4 Å². The molecular formula is C12H7F2NO2. The number of carbonyl (C=O) groups is 1. The Morgan fingerprint density at radius 3 is 2.29 bits per heavy atom. The fourth-order valence-electron chi connectivity index (χ4n) is 1.49. The maximum atomic E-state index is 13.1. The van der Waals surface area contributed by atoms with Gasteiger partial charge in [0.2, 0.25) is 0 Å². The Morgan fingerprint density at radius 2 is 1.71 bits per heavy atom. The summed E-state index contributed by atoms with van der Waals surface area (Å²) in [5.74, 6) is -3.57. The van der Waals surface area contributed by atoms with Crippen molar-refractivity contribution in [2.24, 2.45) is 0 Å². The first-order valence-corrected chi connectivity index (χ1v) is 4.72. The van der Waals surface area contributed by atoms with E-state index in [0.29, 0.717) is 11.6 Å². The normalized spacial score (nSPS) is 10.2. The van der Waals surface area contributed by atoms with Crippen molar-refractivity contribution < 1.29 is 18.7 Å². The molecule has 1 N–H and O–H groups in total. The highest BCUT2D eigenvalue weighted by Crippen LogP contribution is 2.25. The fraction of sp³-hybridized carbons (Fsp3) is 0. The van der Waals surface area contributed by atoms with Gasteiger partial charge in [-0.15, -0.1) is 0 Å². The molecule has 0 saturated carbocycles. The molecule has 0 aliphatic rings. The summed E-state index contributed by atoms with van der Waals surface area (Å²) >= 11 is 0. The van der Waals surface area contributed by atoms with Crippen molar-refractivity contribution in [3.8, 4) is 11.1 Å². The van der Waals surface area contributed by atoms with E-state index in [-0.39, 0.29) is 11.1 Å². The van der Waals surface area contributed by atoms with E-state index in [9.17, 15) is 13.6 Å². The van der Waals surface area contributed by atoms with E-state index in [1.165, 1.54) is 24.5 Å². The summed E-state index contributed by atoms with van der Waals surface area (Å²) in [6.07, 6.45) is 2.89. The van der Waals surface area contributed by atoms with Crippen molar-refractivity contribution in [2.75, 3.05) is 0 Å². The van der Waals surface area contributed by atoms with Gasteiger partial charge < -0.3 is 5.11 Å². The van der Waals surface area contributed by atoms with Gasteiger partial charge in [0.25, 0.3) is 0 Å². The Hall–Kier alpha value is -2.30. The Kier molecular flexibility index (Phi) is 2.82. The number of benzene rings is 1. The number of hydrogen-bond donors (Lipinski definition) is 1. The van der Waals surface area contributed by atoms with Crippen LogP contribution >= 0.6 is 0 Å². The number of aromatic carboxylic acids is 1. The van der Waals surface area contributed by atoms with E-state index in [4.69, 9.17) is 5.11 Å². The standard InChI is InChI=1S/C12H7F2NO2/c13-10-5-8(7-1-3-15-4-2-7)9(12(16)17)6-11(10)14/h1-6H,(H,16,17). The SMILES string of the molecule is O=C(O)c1cc(F)c(F)cc1-c1ccncc1. The topological polar surface area (TPSA) is 50.2 Å². The molecule has 17 heavy (non-hydrogen) atoms.